The van der Waals surface area contributed by atoms with Crippen LogP contribution in [0.5, 0.6) is 0 Å². The summed E-state index contributed by atoms with van der Waals surface area (Å²) in [7, 11) is 0. The lowest BCUT2D eigenvalue weighted by atomic mass is 9.69. The molecule has 7 fully saturated rings. The van der Waals surface area contributed by atoms with E-state index in [1.807, 2.05) is 0 Å². The zero-order chi connectivity index (χ0) is 31.5. The highest BCUT2D eigenvalue weighted by Gasteiger charge is 2.73. The Morgan fingerprint density at radius 2 is 1.05 bits per heavy atom. The molecule has 0 amide bonds. The van der Waals surface area contributed by atoms with Crippen LogP contribution in [0.2, 0.25) is 0 Å². The van der Waals surface area contributed by atoms with Crippen molar-refractivity contribution in [3.63, 3.8) is 0 Å². The van der Waals surface area contributed by atoms with E-state index in [1.54, 1.807) is 0 Å². The fraction of sp³-hybridized carbons (Fsp3) is 0.897. The van der Waals surface area contributed by atoms with Gasteiger partial charge in [0.1, 0.15) is 18.1 Å². The predicted octanol–water partition coefficient (Wildman–Crippen LogP) is 8.29. The van der Waals surface area contributed by atoms with Gasteiger partial charge in [-0.25, -0.2) is 4.79 Å². The van der Waals surface area contributed by atoms with Gasteiger partial charge in [0.2, 0.25) is 0 Å². The summed E-state index contributed by atoms with van der Waals surface area (Å²) in [4.78, 5) is 29.7. The molecule has 0 spiro atoms. The Labute approximate surface area is 266 Å². The van der Waals surface area contributed by atoms with Crippen LogP contribution in [0, 0.1) is 68.0 Å². The van der Waals surface area contributed by atoms with Crippen LogP contribution in [0.15, 0.2) is 12.2 Å². The Bertz CT molecular complexity index is 1310. The van der Waals surface area contributed by atoms with Crippen LogP contribution in [0.4, 0.5) is 0 Å². The molecule has 7 saturated carbocycles. The number of fused-ring (bicyclic) bond motifs is 8. The summed E-state index contributed by atoms with van der Waals surface area (Å²) in [6.45, 7) is 21.3. The highest BCUT2D eigenvalue weighted by Crippen LogP contribution is 2.70. The predicted molar refractivity (Wildman–Crippen MR) is 169 cm³/mol. The van der Waals surface area contributed by atoms with E-state index in [9.17, 15) is 4.79 Å². The molecule has 8 aliphatic rings. The number of esters is 2. The molecule has 0 aromatic heterocycles. The van der Waals surface area contributed by atoms with E-state index >= 15 is 4.79 Å². The third kappa shape index (κ3) is 3.27. The standard InChI is InChI=1S/C39H58O5/c1-33(2)23-12-15-36(33,7)27(19-23)42-31(40)30-22-10-11-26(18-22)39(30,44-29-21-25-14-17-38(29,9)35(25,5)6)32(41)43-28-20-24-13-16-37(28,8)34(24,3)4/h10-11,22-30H,12-21H2,1-9H3/t22-,23+,24+,25+,26+,27-,28-,29?,30-,36-,37-,38-,39-/m1/s1. The zero-order valence-corrected chi connectivity index (χ0v) is 29.0. The van der Waals surface area contributed by atoms with Crippen molar-refractivity contribution >= 4 is 11.9 Å². The highest BCUT2D eigenvalue weighted by molar-refractivity contribution is 5.91. The smallest absolute Gasteiger partial charge is 0.340 e. The molecule has 0 aromatic carbocycles. The number of carbonyl (C=O) groups is 2. The lowest BCUT2D eigenvalue weighted by Crippen LogP contribution is -2.60. The molecule has 0 aliphatic heterocycles. The van der Waals surface area contributed by atoms with E-state index in [1.165, 1.54) is 19.3 Å². The van der Waals surface area contributed by atoms with Gasteiger partial charge in [0.05, 0.1) is 6.10 Å². The molecule has 0 heterocycles. The van der Waals surface area contributed by atoms with E-state index in [0.717, 1.165) is 44.9 Å². The van der Waals surface area contributed by atoms with Crippen molar-refractivity contribution in [1.82, 2.24) is 0 Å². The SMILES string of the molecule is CC1(C)[C@H]2CC[C@]1(C)C(O[C@]1(C(=O)O[C@@H]3C[C@@H]4CC[C@@]3(C)C4(C)C)[C@H]3C=C[C@H](C3)[C@@H]1C(=O)O[C@@H]1C[C@@H]3CC[C@@]1(C)C3(C)C)C2. The van der Waals surface area contributed by atoms with E-state index in [0.29, 0.717) is 17.8 Å². The van der Waals surface area contributed by atoms with Gasteiger partial charge in [-0.15, -0.1) is 0 Å². The number of hydrogen-bond acceptors (Lipinski definition) is 5. The minimum absolute atomic E-state index is 0.0316. The van der Waals surface area contributed by atoms with Gasteiger partial charge in [0.25, 0.3) is 0 Å². The van der Waals surface area contributed by atoms with Crippen LogP contribution in [0.1, 0.15) is 127 Å². The van der Waals surface area contributed by atoms with Crippen LogP contribution in [-0.4, -0.2) is 35.9 Å². The Morgan fingerprint density at radius 3 is 1.48 bits per heavy atom. The molecule has 1 unspecified atom stereocenters. The lowest BCUT2D eigenvalue weighted by molar-refractivity contribution is -0.223. The molecule has 8 bridgehead atoms. The quantitative estimate of drug-likeness (QED) is 0.225. The van der Waals surface area contributed by atoms with Gasteiger partial charge in [0.15, 0.2) is 5.60 Å². The second-order valence-corrected chi connectivity index (χ2v) is 19.4. The van der Waals surface area contributed by atoms with Crippen LogP contribution in [0.25, 0.3) is 0 Å². The van der Waals surface area contributed by atoms with E-state index in [2.05, 4.69) is 74.5 Å². The third-order valence-electron chi connectivity index (χ3n) is 18.1. The molecular formula is C39H58O5. The van der Waals surface area contributed by atoms with Crippen molar-refractivity contribution in [2.45, 2.75) is 150 Å². The molecule has 5 nitrogen and oxygen atoms in total. The van der Waals surface area contributed by atoms with Gasteiger partial charge in [-0.05, 0) is 110 Å². The van der Waals surface area contributed by atoms with E-state index in [-0.39, 0.29) is 74.6 Å². The molecule has 0 N–H and O–H groups in total. The number of allylic oxidation sites excluding steroid dienone is 1. The minimum atomic E-state index is -1.32. The minimum Gasteiger partial charge on any atom is -0.461 e. The molecule has 244 valence electrons. The second kappa shape index (κ2) is 8.75. The van der Waals surface area contributed by atoms with Gasteiger partial charge < -0.3 is 14.2 Å². The first-order valence-corrected chi connectivity index (χ1v) is 18.2. The van der Waals surface area contributed by atoms with Gasteiger partial charge in [-0.1, -0.05) is 74.5 Å². The summed E-state index contributed by atoms with van der Waals surface area (Å²) < 4.78 is 20.8. The summed E-state index contributed by atoms with van der Waals surface area (Å²) in [5.41, 5.74) is -1.03. The molecule has 0 radical (unpaired) electrons. The number of rotatable bonds is 6. The first-order valence-electron chi connectivity index (χ1n) is 18.2. The zero-order valence-electron chi connectivity index (χ0n) is 29.0. The fourth-order valence-corrected chi connectivity index (χ4v) is 13.3. The average molecular weight is 607 g/mol. The number of ether oxygens (including phenoxy) is 3. The van der Waals surface area contributed by atoms with Gasteiger partial charge in [-0.3, -0.25) is 4.79 Å². The highest BCUT2D eigenvalue weighted by atomic mass is 16.6. The lowest BCUT2D eigenvalue weighted by Gasteiger charge is -2.47. The number of hydrogen-bond donors (Lipinski definition) is 0. The van der Waals surface area contributed by atoms with Crippen molar-refractivity contribution in [2.75, 3.05) is 0 Å². The third-order valence-corrected chi connectivity index (χ3v) is 18.1. The van der Waals surface area contributed by atoms with Crippen molar-refractivity contribution in [2.24, 2.45) is 68.0 Å². The van der Waals surface area contributed by atoms with Crippen LogP contribution in [0.3, 0.4) is 0 Å². The Hall–Kier alpha value is -1.36. The van der Waals surface area contributed by atoms with E-state index < -0.39 is 11.5 Å². The average Bonchev–Trinajstić information content (AvgIpc) is 3.78. The topological polar surface area (TPSA) is 61.8 Å². The molecule has 44 heavy (non-hydrogen) atoms. The van der Waals surface area contributed by atoms with Crippen LogP contribution < -0.4 is 0 Å². The van der Waals surface area contributed by atoms with Crippen LogP contribution in [-0.2, 0) is 23.8 Å². The summed E-state index contributed by atoms with van der Waals surface area (Å²) in [5.74, 6) is 0.354. The molecule has 8 rings (SSSR count). The van der Waals surface area contributed by atoms with Gasteiger partial charge in [0, 0.05) is 16.7 Å². The van der Waals surface area contributed by atoms with E-state index in [4.69, 9.17) is 14.2 Å². The molecule has 5 heteroatoms. The summed E-state index contributed by atoms with van der Waals surface area (Å²) in [6.07, 6.45) is 14.5. The van der Waals surface area contributed by atoms with Gasteiger partial charge >= 0.3 is 11.9 Å². The monoisotopic (exact) mass is 606 g/mol. The normalized spacial score (nSPS) is 54.4. The molecule has 0 aromatic rings. The largest absolute Gasteiger partial charge is 0.461 e. The first kappa shape index (κ1) is 30.0. The van der Waals surface area contributed by atoms with Crippen molar-refractivity contribution < 1.29 is 23.8 Å². The summed E-state index contributed by atoms with van der Waals surface area (Å²) in [5, 5.41) is 0. The van der Waals surface area contributed by atoms with Crippen molar-refractivity contribution in [3.8, 4) is 0 Å². The number of carbonyl (C=O) groups excluding carboxylic acids is 2. The van der Waals surface area contributed by atoms with Gasteiger partial charge in [-0.2, -0.15) is 0 Å². The Kier molecular flexibility index (Phi) is 5.97. The van der Waals surface area contributed by atoms with Crippen molar-refractivity contribution in [1.29, 1.82) is 0 Å². The maximum atomic E-state index is 15.1. The maximum Gasteiger partial charge on any atom is 0.340 e. The summed E-state index contributed by atoms with van der Waals surface area (Å²) in [6, 6.07) is 0. The maximum absolute atomic E-state index is 15.1. The Morgan fingerprint density at radius 1 is 0.591 bits per heavy atom. The first-order chi connectivity index (χ1) is 20.4. The van der Waals surface area contributed by atoms with Crippen LogP contribution >= 0.6 is 0 Å². The molecule has 13 atom stereocenters. The molecule has 0 saturated heterocycles. The fourth-order valence-electron chi connectivity index (χ4n) is 13.3. The second-order valence-electron chi connectivity index (χ2n) is 19.4. The van der Waals surface area contributed by atoms with Crippen molar-refractivity contribution in [3.05, 3.63) is 12.2 Å². The Balaban J connectivity index is 1.15. The molecule has 8 aliphatic carbocycles. The molecular weight excluding hydrogens is 548 g/mol. The summed E-state index contributed by atoms with van der Waals surface area (Å²) >= 11 is 0.